The van der Waals surface area contributed by atoms with Crippen LogP contribution in [0.2, 0.25) is 0 Å². The van der Waals surface area contributed by atoms with Crippen molar-refractivity contribution in [1.29, 1.82) is 0 Å². The van der Waals surface area contributed by atoms with Crippen molar-refractivity contribution in [2.75, 3.05) is 7.11 Å². The zero-order chi connectivity index (χ0) is 15.6. The van der Waals surface area contributed by atoms with Gasteiger partial charge in [-0.05, 0) is 38.5 Å². The van der Waals surface area contributed by atoms with E-state index in [-0.39, 0.29) is 17.4 Å². The number of cyclic esters (lactones) is 1. The minimum absolute atomic E-state index is 0.244. The van der Waals surface area contributed by atoms with Crippen molar-refractivity contribution in [2.45, 2.75) is 44.8 Å². The minimum atomic E-state index is -0.719. The van der Waals surface area contributed by atoms with Gasteiger partial charge in [0, 0.05) is 12.0 Å². The van der Waals surface area contributed by atoms with E-state index in [9.17, 15) is 9.59 Å². The van der Waals surface area contributed by atoms with E-state index in [4.69, 9.17) is 9.47 Å². The van der Waals surface area contributed by atoms with Crippen LogP contribution in [0.25, 0.3) is 0 Å². The summed E-state index contributed by atoms with van der Waals surface area (Å²) in [5, 5.41) is 2.84. The van der Waals surface area contributed by atoms with E-state index in [1.165, 1.54) is 0 Å². The summed E-state index contributed by atoms with van der Waals surface area (Å²) in [7, 11) is 1.59. The molecule has 1 saturated heterocycles. The third-order valence-corrected chi connectivity index (χ3v) is 3.30. The highest BCUT2D eigenvalue weighted by Gasteiger charge is 2.40. The number of amides is 1. The van der Waals surface area contributed by atoms with Gasteiger partial charge in [0.2, 0.25) is 0 Å². The first-order chi connectivity index (χ1) is 9.80. The Labute approximate surface area is 124 Å². The first-order valence-corrected chi connectivity index (χ1v) is 6.96. The van der Waals surface area contributed by atoms with Gasteiger partial charge in [-0.1, -0.05) is 12.1 Å². The van der Waals surface area contributed by atoms with Crippen molar-refractivity contribution in [1.82, 2.24) is 5.32 Å². The molecule has 1 aliphatic heterocycles. The Morgan fingerprint density at radius 1 is 1.29 bits per heavy atom. The number of esters is 1. The van der Waals surface area contributed by atoms with E-state index in [0.29, 0.717) is 6.42 Å². The normalized spacial score (nSPS) is 21.8. The number of ether oxygens (including phenoxy) is 2. The van der Waals surface area contributed by atoms with Crippen molar-refractivity contribution in [3.8, 4) is 5.75 Å². The quantitative estimate of drug-likeness (QED) is 0.865. The van der Waals surface area contributed by atoms with Gasteiger partial charge in [-0.3, -0.25) is 9.59 Å². The van der Waals surface area contributed by atoms with Crippen LogP contribution in [0, 0.1) is 0 Å². The molecule has 0 aliphatic carbocycles. The number of carbonyl (C=O) groups is 2. The van der Waals surface area contributed by atoms with Gasteiger partial charge in [0.1, 0.15) is 5.75 Å². The average Bonchev–Trinajstić information content (AvgIpc) is 2.79. The highest BCUT2D eigenvalue weighted by atomic mass is 16.6. The molecule has 21 heavy (non-hydrogen) atoms. The van der Waals surface area contributed by atoms with E-state index in [1.54, 1.807) is 19.2 Å². The monoisotopic (exact) mass is 291 g/mol. The Bertz CT molecular complexity index is 530. The van der Waals surface area contributed by atoms with E-state index in [1.807, 2.05) is 32.9 Å². The second-order valence-electron chi connectivity index (χ2n) is 6.23. The Morgan fingerprint density at radius 3 is 2.43 bits per heavy atom. The molecule has 0 bridgehead atoms. The number of methoxy groups -OCH3 is 1. The molecule has 0 radical (unpaired) electrons. The molecule has 5 heteroatoms. The van der Waals surface area contributed by atoms with Gasteiger partial charge in [0.25, 0.3) is 5.91 Å². The molecule has 0 spiro atoms. The Hall–Kier alpha value is -2.04. The molecule has 1 aliphatic rings. The number of nitrogens with one attached hydrogen (secondary N) is 1. The largest absolute Gasteiger partial charge is 0.497 e. The number of benzene rings is 1. The molecular weight excluding hydrogens is 270 g/mol. The summed E-state index contributed by atoms with van der Waals surface area (Å²) in [5.74, 6) is -0.264. The SMILES string of the molecule is COc1ccc([C@H]2C[C@H](C(=O)NC(C)(C)C)OC2=O)cc1. The second-order valence-corrected chi connectivity index (χ2v) is 6.23. The molecule has 1 N–H and O–H groups in total. The lowest BCUT2D eigenvalue weighted by molar-refractivity contribution is -0.149. The van der Waals surface area contributed by atoms with Crippen LogP contribution in [0.3, 0.4) is 0 Å². The molecule has 2 atom stereocenters. The molecule has 0 unspecified atom stereocenters. The minimum Gasteiger partial charge on any atom is -0.497 e. The summed E-state index contributed by atoms with van der Waals surface area (Å²) < 4.78 is 10.3. The summed E-state index contributed by atoms with van der Waals surface area (Å²) in [6.45, 7) is 5.67. The van der Waals surface area contributed by atoms with Crippen molar-refractivity contribution in [3.63, 3.8) is 0 Å². The van der Waals surface area contributed by atoms with Gasteiger partial charge in [-0.25, -0.2) is 0 Å². The van der Waals surface area contributed by atoms with Crippen molar-refractivity contribution >= 4 is 11.9 Å². The summed E-state index contributed by atoms with van der Waals surface area (Å²) in [4.78, 5) is 24.1. The highest BCUT2D eigenvalue weighted by Crippen LogP contribution is 2.32. The lowest BCUT2D eigenvalue weighted by atomic mass is 9.95. The molecule has 1 aromatic carbocycles. The summed E-state index contributed by atoms with van der Waals surface area (Å²) in [5.41, 5.74) is 0.494. The van der Waals surface area contributed by atoms with E-state index < -0.39 is 12.0 Å². The molecule has 1 fully saturated rings. The van der Waals surface area contributed by atoms with Gasteiger partial charge in [0.05, 0.1) is 13.0 Å². The van der Waals surface area contributed by atoms with Gasteiger partial charge in [0.15, 0.2) is 6.10 Å². The van der Waals surface area contributed by atoms with Crippen LogP contribution < -0.4 is 10.1 Å². The van der Waals surface area contributed by atoms with Crippen LogP contribution in [0.5, 0.6) is 5.75 Å². The van der Waals surface area contributed by atoms with Gasteiger partial charge < -0.3 is 14.8 Å². The predicted molar refractivity (Wildman–Crippen MR) is 78.1 cm³/mol. The summed E-state index contributed by atoms with van der Waals surface area (Å²) in [6, 6.07) is 7.25. The van der Waals surface area contributed by atoms with Crippen molar-refractivity contribution in [3.05, 3.63) is 29.8 Å². The zero-order valence-electron chi connectivity index (χ0n) is 12.8. The Kier molecular flexibility index (Phi) is 4.21. The van der Waals surface area contributed by atoms with Crippen LogP contribution in [-0.2, 0) is 14.3 Å². The first kappa shape index (κ1) is 15.4. The predicted octanol–water partition coefficient (Wildman–Crippen LogP) is 2.01. The fourth-order valence-corrected chi connectivity index (χ4v) is 2.30. The average molecular weight is 291 g/mol. The maximum atomic E-state index is 12.1. The lowest BCUT2D eigenvalue weighted by Gasteiger charge is -2.22. The maximum absolute atomic E-state index is 12.1. The molecule has 114 valence electrons. The van der Waals surface area contributed by atoms with Crippen molar-refractivity contribution < 1.29 is 19.1 Å². The third kappa shape index (κ3) is 3.74. The molecule has 5 nitrogen and oxygen atoms in total. The summed E-state index contributed by atoms with van der Waals surface area (Å²) >= 11 is 0. The molecule has 0 aromatic heterocycles. The third-order valence-electron chi connectivity index (χ3n) is 3.30. The maximum Gasteiger partial charge on any atom is 0.314 e. The molecule has 1 heterocycles. The molecule has 2 rings (SSSR count). The highest BCUT2D eigenvalue weighted by molar-refractivity contribution is 5.90. The van der Waals surface area contributed by atoms with E-state index in [0.717, 1.165) is 11.3 Å². The standard InChI is InChI=1S/C16H21NO4/c1-16(2,3)17-14(18)13-9-12(15(19)21-13)10-5-7-11(20-4)8-6-10/h5-8,12-13H,9H2,1-4H3,(H,17,18)/t12-,13-/m1/s1. The lowest BCUT2D eigenvalue weighted by Crippen LogP contribution is -2.45. The van der Waals surface area contributed by atoms with Crippen molar-refractivity contribution in [2.24, 2.45) is 0 Å². The van der Waals surface area contributed by atoms with Crippen LogP contribution in [0.15, 0.2) is 24.3 Å². The molecule has 1 aromatic rings. The van der Waals surface area contributed by atoms with E-state index >= 15 is 0 Å². The number of carbonyl (C=O) groups excluding carboxylic acids is 2. The molecule has 0 saturated carbocycles. The van der Waals surface area contributed by atoms with Crippen LogP contribution >= 0.6 is 0 Å². The Balaban J connectivity index is 2.07. The van der Waals surface area contributed by atoms with Gasteiger partial charge in [-0.15, -0.1) is 0 Å². The van der Waals surface area contributed by atoms with E-state index in [2.05, 4.69) is 5.32 Å². The number of hydrogen-bond donors (Lipinski definition) is 1. The smallest absolute Gasteiger partial charge is 0.314 e. The molecular formula is C16H21NO4. The fraction of sp³-hybridized carbons (Fsp3) is 0.500. The van der Waals surface area contributed by atoms with Gasteiger partial charge >= 0.3 is 5.97 Å². The molecule has 1 amide bonds. The summed E-state index contributed by atoms with van der Waals surface area (Å²) in [6.07, 6.45) is -0.351. The fourth-order valence-electron chi connectivity index (χ4n) is 2.30. The second kappa shape index (κ2) is 5.76. The number of rotatable bonds is 3. The first-order valence-electron chi connectivity index (χ1n) is 6.96. The Morgan fingerprint density at radius 2 is 1.90 bits per heavy atom. The zero-order valence-corrected chi connectivity index (χ0v) is 12.8. The van der Waals surface area contributed by atoms with Crippen LogP contribution in [-0.4, -0.2) is 30.6 Å². The topological polar surface area (TPSA) is 64.6 Å². The van der Waals surface area contributed by atoms with Crippen LogP contribution in [0.4, 0.5) is 0 Å². The van der Waals surface area contributed by atoms with Crippen LogP contribution in [0.1, 0.15) is 38.7 Å². The number of hydrogen-bond acceptors (Lipinski definition) is 4. The van der Waals surface area contributed by atoms with Gasteiger partial charge in [-0.2, -0.15) is 0 Å².